The molecule has 0 saturated heterocycles. The van der Waals surface area contributed by atoms with Crippen LogP contribution in [0, 0.1) is 46.3 Å². The van der Waals surface area contributed by atoms with Crippen LogP contribution >= 0.6 is 0 Å². The number of fused-ring (bicyclic) bond motifs is 5. The first-order chi connectivity index (χ1) is 17.7. The van der Waals surface area contributed by atoms with Gasteiger partial charge in [-0.3, -0.25) is 4.79 Å². The van der Waals surface area contributed by atoms with Gasteiger partial charge in [0.15, 0.2) is 0 Å². The minimum atomic E-state index is 0.332. The van der Waals surface area contributed by atoms with Gasteiger partial charge >= 0.3 is 0 Å². The summed E-state index contributed by atoms with van der Waals surface area (Å²) in [6.45, 7) is 13.3. The van der Waals surface area contributed by atoms with Gasteiger partial charge in [-0.1, -0.05) is 89.8 Å². The van der Waals surface area contributed by atoms with Gasteiger partial charge in [-0.15, -0.1) is 0 Å². The Bertz CT molecular complexity index is 960. The van der Waals surface area contributed by atoms with E-state index in [9.17, 15) is 4.79 Å². The highest BCUT2D eigenvalue weighted by molar-refractivity contribution is 5.74. The Balaban J connectivity index is 1.22. The number of hydrogen-bond donors (Lipinski definition) is 0. The van der Waals surface area contributed by atoms with Crippen molar-refractivity contribution in [2.75, 3.05) is 0 Å². The molecule has 0 spiro atoms. The molecule has 4 aliphatic carbocycles. The van der Waals surface area contributed by atoms with Crippen molar-refractivity contribution < 1.29 is 9.53 Å². The van der Waals surface area contributed by atoms with E-state index < -0.39 is 0 Å². The lowest BCUT2D eigenvalue weighted by Crippen LogP contribution is -2.51. The number of carbonyl (C=O) groups is 1. The summed E-state index contributed by atoms with van der Waals surface area (Å²) in [5, 5.41) is 0. The first kappa shape index (κ1) is 27.2. The fourth-order valence-electron chi connectivity index (χ4n) is 9.70. The number of rotatable bonds is 9. The molecule has 1 aromatic carbocycles. The molecule has 0 bridgehead atoms. The molecule has 0 amide bonds. The SMILES string of the molecule is CC(C)CCCC(C)C1CCC2C3CC=C4CC(OCc5ccc(C=O)cc5)CCC4(C)C3CCC12C. The summed E-state index contributed by atoms with van der Waals surface area (Å²) in [7, 11) is 0. The predicted molar refractivity (Wildman–Crippen MR) is 153 cm³/mol. The van der Waals surface area contributed by atoms with Crippen LogP contribution in [0.4, 0.5) is 0 Å². The largest absolute Gasteiger partial charge is 0.373 e. The quantitative estimate of drug-likeness (QED) is 0.247. The Morgan fingerprint density at radius 1 is 0.973 bits per heavy atom. The van der Waals surface area contributed by atoms with Gasteiger partial charge in [0.1, 0.15) is 6.29 Å². The van der Waals surface area contributed by atoms with Crippen LogP contribution in [0.15, 0.2) is 35.9 Å². The van der Waals surface area contributed by atoms with E-state index in [0.717, 1.165) is 59.3 Å². The van der Waals surface area contributed by atoms with E-state index in [2.05, 4.69) is 40.7 Å². The summed E-state index contributed by atoms with van der Waals surface area (Å²) in [6, 6.07) is 7.84. The van der Waals surface area contributed by atoms with E-state index in [1.807, 2.05) is 24.3 Å². The zero-order chi connectivity index (χ0) is 26.2. The van der Waals surface area contributed by atoms with Gasteiger partial charge < -0.3 is 4.74 Å². The molecule has 0 heterocycles. The summed E-state index contributed by atoms with van der Waals surface area (Å²) in [5.74, 6) is 5.37. The molecule has 5 rings (SSSR count). The van der Waals surface area contributed by atoms with Crippen LogP contribution < -0.4 is 0 Å². The Labute approximate surface area is 227 Å². The molecular formula is C35H52O2. The van der Waals surface area contributed by atoms with E-state index in [-0.39, 0.29) is 0 Å². The van der Waals surface area contributed by atoms with E-state index in [4.69, 9.17) is 4.74 Å². The fraction of sp³-hybridized carbons (Fsp3) is 0.743. The first-order valence-corrected chi connectivity index (χ1v) is 15.6. The van der Waals surface area contributed by atoms with Crippen LogP contribution in [0.25, 0.3) is 0 Å². The minimum absolute atomic E-state index is 0.332. The molecule has 4 aliphatic rings. The number of carbonyl (C=O) groups excluding carboxylic acids is 1. The highest BCUT2D eigenvalue weighted by Crippen LogP contribution is 2.67. The van der Waals surface area contributed by atoms with Crippen molar-refractivity contribution >= 4 is 6.29 Å². The predicted octanol–water partition coefficient (Wildman–Crippen LogP) is 9.43. The lowest BCUT2D eigenvalue weighted by Gasteiger charge is -2.58. The summed E-state index contributed by atoms with van der Waals surface area (Å²) in [5.41, 5.74) is 4.56. The Morgan fingerprint density at radius 3 is 2.49 bits per heavy atom. The minimum Gasteiger partial charge on any atom is -0.373 e. The number of benzene rings is 1. The molecular weight excluding hydrogens is 452 g/mol. The summed E-state index contributed by atoms with van der Waals surface area (Å²) in [6.07, 6.45) is 18.9. The molecule has 1 aromatic rings. The monoisotopic (exact) mass is 504 g/mol. The maximum atomic E-state index is 10.9. The van der Waals surface area contributed by atoms with Crippen molar-refractivity contribution in [3.05, 3.63) is 47.0 Å². The Hall–Kier alpha value is -1.41. The molecule has 0 aliphatic heterocycles. The molecule has 37 heavy (non-hydrogen) atoms. The highest BCUT2D eigenvalue weighted by atomic mass is 16.5. The van der Waals surface area contributed by atoms with Gasteiger partial charge in [0, 0.05) is 5.56 Å². The van der Waals surface area contributed by atoms with Gasteiger partial charge in [0.2, 0.25) is 0 Å². The van der Waals surface area contributed by atoms with Crippen LogP contribution in [-0.2, 0) is 11.3 Å². The van der Waals surface area contributed by atoms with Gasteiger partial charge in [-0.25, -0.2) is 0 Å². The van der Waals surface area contributed by atoms with E-state index >= 15 is 0 Å². The fourth-order valence-corrected chi connectivity index (χ4v) is 9.70. The second-order valence-corrected chi connectivity index (χ2v) is 14.3. The molecule has 2 heteroatoms. The standard InChI is InChI=1S/C35H52O2/c1-24(2)7-6-8-25(3)31-15-16-32-30-14-13-28-21-29(37-23-27-11-9-26(22-36)10-12-27)17-19-34(28,4)33(30)18-20-35(31,32)5/h9-13,22,24-25,29-33H,6-8,14-21,23H2,1-5H3. The maximum Gasteiger partial charge on any atom is 0.150 e. The van der Waals surface area contributed by atoms with Crippen molar-refractivity contribution in [3.63, 3.8) is 0 Å². The molecule has 8 atom stereocenters. The number of hydrogen-bond acceptors (Lipinski definition) is 2. The average Bonchev–Trinajstić information content (AvgIpc) is 3.24. The third kappa shape index (κ3) is 5.26. The smallest absolute Gasteiger partial charge is 0.150 e. The van der Waals surface area contributed by atoms with Crippen LogP contribution in [0.2, 0.25) is 0 Å². The van der Waals surface area contributed by atoms with Gasteiger partial charge in [-0.05, 0) is 103 Å². The van der Waals surface area contributed by atoms with Crippen molar-refractivity contribution in [1.29, 1.82) is 0 Å². The molecule has 204 valence electrons. The average molecular weight is 505 g/mol. The normalized spacial score (nSPS) is 37.9. The van der Waals surface area contributed by atoms with Crippen molar-refractivity contribution in [2.45, 2.75) is 118 Å². The van der Waals surface area contributed by atoms with Crippen molar-refractivity contribution in [3.8, 4) is 0 Å². The van der Waals surface area contributed by atoms with Crippen molar-refractivity contribution in [1.82, 2.24) is 0 Å². The highest BCUT2D eigenvalue weighted by Gasteiger charge is 2.59. The third-order valence-electron chi connectivity index (χ3n) is 11.9. The number of aldehydes is 1. The van der Waals surface area contributed by atoms with Crippen LogP contribution in [0.5, 0.6) is 0 Å². The van der Waals surface area contributed by atoms with Gasteiger partial charge in [-0.2, -0.15) is 0 Å². The van der Waals surface area contributed by atoms with E-state index in [0.29, 0.717) is 23.5 Å². The maximum absolute atomic E-state index is 10.9. The Kier molecular flexibility index (Phi) is 8.07. The lowest BCUT2D eigenvalue weighted by atomic mass is 9.47. The zero-order valence-electron chi connectivity index (χ0n) is 24.3. The molecule has 0 aromatic heterocycles. The molecule has 2 nitrogen and oxygen atoms in total. The molecule has 3 saturated carbocycles. The third-order valence-corrected chi connectivity index (χ3v) is 11.9. The first-order valence-electron chi connectivity index (χ1n) is 15.6. The number of ether oxygens (including phenoxy) is 1. The topological polar surface area (TPSA) is 26.3 Å². The second-order valence-electron chi connectivity index (χ2n) is 14.3. The molecule has 8 unspecified atom stereocenters. The summed E-state index contributed by atoms with van der Waals surface area (Å²) in [4.78, 5) is 10.9. The van der Waals surface area contributed by atoms with E-state index in [1.165, 1.54) is 64.2 Å². The second kappa shape index (κ2) is 11.0. The summed E-state index contributed by atoms with van der Waals surface area (Å²) < 4.78 is 6.42. The Morgan fingerprint density at radius 2 is 1.76 bits per heavy atom. The molecule has 0 radical (unpaired) electrons. The van der Waals surface area contributed by atoms with Crippen molar-refractivity contribution in [2.24, 2.45) is 46.3 Å². The molecule has 0 N–H and O–H groups in total. The number of allylic oxidation sites excluding steroid dienone is 1. The van der Waals surface area contributed by atoms with E-state index in [1.54, 1.807) is 5.57 Å². The van der Waals surface area contributed by atoms with Gasteiger partial charge in [0.05, 0.1) is 12.7 Å². The van der Waals surface area contributed by atoms with Gasteiger partial charge in [0.25, 0.3) is 0 Å². The van der Waals surface area contributed by atoms with Crippen LogP contribution in [-0.4, -0.2) is 12.4 Å². The lowest BCUT2D eigenvalue weighted by molar-refractivity contribution is -0.0656. The summed E-state index contributed by atoms with van der Waals surface area (Å²) >= 11 is 0. The van der Waals surface area contributed by atoms with Crippen LogP contribution in [0.3, 0.4) is 0 Å². The zero-order valence-corrected chi connectivity index (χ0v) is 24.3. The molecule has 3 fully saturated rings. The van der Waals surface area contributed by atoms with Crippen LogP contribution in [0.1, 0.15) is 121 Å².